The van der Waals surface area contributed by atoms with Gasteiger partial charge in [-0.25, -0.2) is 49.8 Å². The highest BCUT2D eigenvalue weighted by Crippen LogP contribution is 2.44. The number of aromatic nitrogens is 11. The van der Waals surface area contributed by atoms with Gasteiger partial charge in [-0.1, -0.05) is 285 Å². The number of fused-ring (bicyclic) bond motifs is 7. The topological polar surface area (TPSA) is 160 Å². The molecule has 20 rings (SSSR count). The molecular weight excluding hydrogens is 1320 g/mol. The molecule has 13 nitrogen and oxygen atoms in total. The summed E-state index contributed by atoms with van der Waals surface area (Å²) in [4.78, 5) is 50.4. The molecule has 502 valence electrons. The van der Waals surface area contributed by atoms with Gasteiger partial charge in [-0.05, 0) is 95.1 Å². The zero-order chi connectivity index (χ0) is 71.0. The largest absolute Gasteiger partial charge is 0.456 e. The second-order valence-electron chi connectivity index (χ2n) is 25.9. The van der Waals surface area contributed by atoms with Crippen LogP contribution in [-0.2, 0) is 0 Å². The minimum absolute atomic E-state index is 0.555. The van der Waals surface area contributed by atoms with Gasteiger partial charge in [0.15, 0.2) is 52.4 Å². The van der Waals surface area contributed by atoms with Crippen LogP contribution in [0.4, 0.5) is 0 Å². The minimum atomic E-state index is 0.555. The van der Waals surface area contributed by atoms with E-state index < -0.39 is 0 Å². The first-order valence-corrected chi connectivity index (χ1v) is 35.3. The van der Waals surface area contributed by atoms with Crippen LogP contribution in [0.25, 0.3) is 197 Å². The summed E-state index contributed by atoms with van der Waals surface area (Å²) in [7, 11) is 0. The highest BCUT2D eigenvalue weighted by atomic mass is 16.3. The third-order valence-electron chi connectivity index (χ3n) is 19.0. The molecule has 0 amide bonds. The van der Waals surface area contributed by atoms with Gasteiger partial charge in [-0.15, -0.1) is 0 Å². The van der Waals surface area contributed by atoms with Crippen molar-refractivity contribution in [2.45, 2.75) is 0 Å². The van der Waals surface area contributed by atoms with Gasteiger partial charge in [0.25, 0.3) is 0 Å². The van der Waals surface area contributed by atoms with Crippen molar-refractivity contribution in [1.29, 1.82) is 0 Å². The normalized spacial score (nSPS) is 11.4. The lowest BCUT2D eigenvalue weighted by Crippen LogP contribution is -2.01. The maximum atomic E-state index is 6.55. The first-order valence-electron chi connectivity index (χ1n) is 35.3. The molecule has 0 fully saturated rings. The van der Waals surface area contributed by atoms with E-state index in [0.717, 1.165) is 144 Å². The average molecular weight is 1370 g/mol. The Bertz CT molecular complexity index is 6500. The van der Waals surface area contributed by atoms with E-state index in [1.54, 1.807) is 0 Å². The molecule has 0 aliphatic heterocycles. The molecule has 13 heteroatoms. The lowest BCUT2D eigenvalue weighted by molar-refractivity contribution is 0.668. The Morgan fingerprint density at radius 2 is 0.495 bits per heavy atom. The molecule has 0 saturated carbocycles. The fourth-order valence-electron chi connectivity index (χ4n) is 13.9. The lowest BCUT2D eigenvalue weighted by Gasteiger charge is -2.12. The van der Waals surface area contributed by atoms with Crippen LogP contribution in [0.3, 0.4) is 0 Å². The summed E-state index contributed by atoms with van der Waals surface area (Å²) in [6.45, 7) is 0. The summed E-state index contributed by atoms with van der Waals surface area (Å²) in [5, 5.41) is 3.90. The quantitative estimate of drug-likeness (QED) is 0.108. The van der Waals surface area contributed by atoms with Gasteiger partial charge in [0.05, 0.1) is 11.0 Å². The van der Waals surface area contributed by atoms with Gasteiger partial charge in [0.1, 0.15) is 28.2 Å². The number of para-hydroxylation sites is 5. The zero-order valence-corrected chi connectivity index (χ0v) is 57.3. The van der Waals surface area contributed by atoms with Gasteiger partial charge in [0, 0.05) is 82.9 Å². The Morgan fingerprint density at radius 3 is 0.897 bits per heavy atom. The highest BCUT2D eigenvalue weighted by Gasteiger charge is 2.24. The Morgan fingerprint density at radius 1 is 0.196 bits per heavy atom. The summed E-state index contributed by atoms with van der Waals surface area (Å²) >= 11 is 0. The zero-order valence-electron chi connectivity index (χ0n) is 57.3. The fourth-order valence-corrected chi connectivity index (χ4v) is 13.9. The SMILES string of the molecule is c1ccc(-c2nc(-c3ccccc3)nc(-c3cc(-c4cccc(-c5nc6ccccc6n5-c5ccccc5)c4)cc4oc5ccccc5c34)n2)cc1.c1ccc(-c2nc(-c3ccccc3)nc(-c3cccc(-c4cc(-c5nc(-c6ccccc6)nc(-c6ccccc6)n5)c5c(c4)oc4ccccc45)c3)n2)cc1. The lowest BCUT2D eigenvalue weighted by atomic mass is 9.97. The van der Waals surface area contributed by atoms with Crippen molar-refractivity contribution in [3.8, 4) is 142 Å². The van der Waals surface area contributed by atoms with E-state index in [9.17, 15) is 0 Å². The summed E-state index contributed by atoms with van der Waals surface area (Å²) < 4.78 is 15.3. The highest BCUT2D eigenvalue weighted by molar-refractivity contribution is 6.14. The molecule has 0 N–H and O–H groups in total. The van der Waals surface area contributed by atoms with Gasteiger partial charge >= 0.3 is 0 Å². The Hall–Kier alpha value is -14.8. The predicted octanol–water partition coefficient (Wildman–Crippen LogP) is 23.1. The summed E-state index contributed by atoms with van der Waals surface area (Å²) in [6, 6.07) is 120. The molecule has 14 aromatic carbocycles. The van der Waals surface area contributed by atoms with Crippen molar-refractivity contribution >= 4 is 54.9 Å². The van der Waals surface area contributed by atoms with Crippen LogP contribution in [0.1, 0.15) is 0 Å². The maximum Gasteiger partial charge on any atom is 0.164 e. The van der Waals surface area contributed by atoms with Gasteiger partial charge in [-0.2, -0.15) is 0 Å². The Labute approximate surface area is 614 Å². The molecule has 0 aliphatic carbocycles. The number of benzene rings is 14. The number of rotatable bonds is 13. The molecule has 0 radical (unpaired) electrons. The second kappa shape index (κ2) is 27.5. The molecule has 0 saturated heterocycles. The maximum absolute atomic E-state index is 6.55. The first-order chi connectivity index (χ1) is 53.0. The van der Waals surface area contributed by atoms with Crippen LogP contribution in [0.15, 0.2) is 367 Å². The van der Waals surface area contributed by atoms with Crippen LogP contribution in [0, 0.1) is 0 Å². The van der Waals surface area contributed by atoms with E-state index in [-0.39, 0.29) is 0 Å². The molecule has 0 spiro atoms. The number of hydrogen-bond donors (Lipinski definition) is 0. The van der Waals surface area contributed by atoms with Crippen molar-refractivity contribution in [2.75, 3.05) is 0 Å². The van der Waals surface area contributed by atoms with Gasteiger partial charge < -0.3 is 8.83 Å². The monoisotopic (exact) mass is 1370 g/mol. The third-order valence-corrected chi connectivity index (χ3v) is 19.0. The first kappa shape index (κ1) is 63.1. The summed E-state index contributed by atoms with van der Waals surface area (Å²) in [5.74, 6) is 6.21. The van der Waals surface area contributed by atoms with E-state index >= 15 is 0 Å². The van der Waals surface area contributed by atoms with Crippen molar-refractivity contribution in [3.05, 3.63) is 358 Å². The molecule has 20 aromatic rings. The number of hydrogen-bond acceptors (Lipinski definition) is 12. The van der Waals surface area contributed by atoms with Gasteiger partial charge in [0.2, 0.25) is 0 Å². The summed E-state index contributed by atoms with van der Waals surface area (Å²) in [6.07, 6.45) is 0. The molecule has 107 heavy (non-hydrogen) atoms. The molecule has 0 aliphatic rings. The molecule has 0 bridgehead atoms. The van der Waals surface area contributed by atoms with Crippen molar-refractivity contribution in [1.82, 2.24) is 54.4 Å². The third kappa shape index (κ3) is 12.4. The molecule has 6 aromatic heterocycles. The fraction of sp³-hybridized carbons (Fsp3) is 0. The number of furan rings is 2. The van der Waals surface area contributed by atoms with E-state index in [2.05, 4.69) is 120 Å². The predicted molar refractivity (Wildman–Crippen MR) is 427 cm³/mol. The van der Waals surface area contributed by atoms with Crippen LogP contribution in [0.2, 0.25) is 0 Å². The summed E-state index contributed by atoms with van der Waals surface area (Å²) in [5.41, 5.74) is 19.1. The van der Waals surface area contributed by atoms with Crippen LogP contribution >= 0.6 is 0 Å². The van der Waals surface area contributed by atoms with E-state index in [1.165, 1.54) is 0 Å². The smallest absolute Gasteiger partial charge is 0.164 e. The Kier molecular flexibility index (Phi) is 16.2. The minimum Gasteiger partial charge on any atom is -0.456 e. The standard InChI is InChI=1S/C48H30N6O.C46H29N5O/c1-5-16-31(17-6-1)43-49-44(32-18-7-2-8-19-32)52-47(51-43)36-25-15-24-35(28-36)37-29-39(42-38-26-13-14-27-40(38)55-41(42)30-37)48-53-45(33-20-9-3-10-21-33)50-46(54-48)34-22-11-4-12-23-34;1-4-15-30(16-5-1)43-48-44(31-17-6-2-7-18-31)50-45(49-43)37-28-34(29-41-42(37)36-23-10-13-26-40(36)52-41)32-19-14-20-33(27-32)46-47-38-24-11-12-25-39(38)51(46)35-21-8-3-9-22-35/h1-30H;1-29H. The number of imidazole rings is 1. The second-order valence-corrected chi connectivity index (χ2v) is 25.9. The molecule has 0 unspecified atom stereocenters. The number of nitrogens with zero attached hydrogens (tertiary/aromatic N) is 11. The molecular formula is C94H59N11O2. The van der Waals surface area contributed by atoms with Crippen LogP contribution in [0.5, 0.6) is 0 Å². The average Bonchev–Trinajstić information content (AvgIpc) is 1.60. The van der Waals surface area contributed by atoms with Gasteiger partial charge in [-0.3, -0.25) is 4.57 Å². The molecule has 6 heterocycles. The molecule has 0 atom stereocenters. The van der Waals surface area contributed by atoms with Crippen molar-refractivity contribution in [2.24, 2.45) is 0 Å². The Balaban J connectivity index is 0.000000146. The van der Waals surface area contributed by atoms with E-state index in [4.69, 9.17) is 58.7 Å². The van der Waals surface area contributed by atoms with E-state index in [0.29, 0.717) is 52.4 Å². The van der Waals surface area contributed by atoms with Crippen molar-refractivity contribution in [3.63, 3.8) is 0 Å². The van der Waals surface area contributed by atoms with Crippen LogP contribution in [-0.4, -0.2) is 54.4 Å². The van der Waals surface area contributed by atoms with Crippen LogP contribution < -0.4 is 0 Å². The van der Waals surface area contributed by atoms with Crippen molar-refractivity contribution < 1.29 is 8.83 Å². The van der Waals surface area contributed by atoms with E-state index in [1.807, 2.05) is 243 Å².